The lowest BCUT2D eigenvalue weighted by molar-refractivity contribution is 0.0961. The lowest BCUT2D eigenvalue weighted by atomic mass is 10.0. The summed E-state index contributed by atoms with van der Waals surface area (Å²) < 4.78 is 5.33. The largest absolute Gasteiger partial charge is 0.484 e. The number of aryl methyl sites for hydroxylation is 1. The normalized spacial score (nSPS) is 14.2. The van der Waals surface area contributed by atoms with Crippen LogP contribution in [0.15, 0.2) is 12.1 Å². The highest BCUT2D eigenvalue weighted by Crippen LogP contribution is 2.33. The van der Waals surface area contributed by atoms with E-state index in [1.54, 1.807) is 0 Å². The zero-order valence-corrected chi connectivity index (χ0v) is 8.85. The molecule has 0 aliphatic carbocycles. The van der Waals surface area contributed by atoms with Crippen LogP contribution in [0.5, 0.6) is 5.75 Å². The number of benzene rings is 1. The van der Waals surface area contributed by atoms with Crippen molar-refractivity contribution in [3.05, 3.63) is 28.8 Å². The van der Waals surface area contributed by atoms with Crippen molar-refractivity contribution in [3.63, 3.8) is 0 Å². The summed E-state index contributed by atoms with van der Waals surface area (Å²) >= 11 is 3.39. The number of halogens is 1. The van der Waals surface area contributed by atoms with Crippen molar-refractivity contribution < 1.29 is 9.53 Å². The number of ether oxygens (including phenoxy) is 1. The lowest BCUT2D eigenvalue weighted by Gasteiger charge is -2.06. The first-order valence-corrected chi connectivity index (χ1v) is 5.20. The molecule has 0 atom stereocenters. The highest BCUT2D eigenvalue weighted by molar-refractivity contribution is 9.08. The zero-order valence-electron chi connectivity index (χ0n) is 7.26. The zero-order chi connectivity index (χ0) is 9.42. The van der Waals surface area contributed by atoms with Crippen LogP contribution in [0, 0.1) is 6.92 Å². The Morgan fingerprint density at radius 2 is 2.31 bits per heavy atom. The van der Waals surface area contributed by atoms with Gasteiger partial charge in [0.1, 0.15) is 5.75 Å². The second-order valence-corrected chi connectivity index (χ2v) is 3.64. The van der Waals surface area contributed by atoms with E-state index >= 15 is 0 Å². The van der Waals surface area contributed by atoms with E-state index in [9.17, 15) is 4.79 Å². The molecule has 2 rings (SSSR count). The van der Waals surface area contributed by atoms with E-state index in [0.29, 0.717) is 0 Å². The fourth-order valence-electron chi connectivity index (χ4n) is 1.49. The van der Waals surface area contributed by atoms with Crippen molar-refractivity contribution in [2.24, 2.45) is 0 Å². The molecule has 0 spiro atoms. The van der Waals surface area contributed by atoms with Gasteiger partial charge >= 0.3 is 0 Å². The third-order valence-corrected chi connectivity index (χ3v) is 2.84. The number of ketones is 1. The van der Waals surface area contributed by atoms with E-state index < -0.39 is 0 Å². The topological polar surface area (TPSA) is 26.3 Å². The molecule has 1 aromatic rings. The van der Waals surface area contributed by atoms with Gasteiger partial charge in [-0.05, 0) is 18.6 Å². The highest BCUT2D eigenvalue weighted by atomic mass is 79.9. The van der Waals surface area contributed by atoms with Crippen molar-refractivity contribution in [1.29, 1.82) is 0 Å². The minimum absolute atomic E-state index is 0.0807. The third-order valence-electron chi connectivity index (χ3n) is 2.28. The first-order chi connectivity index (χ1) is 6.24. The molecule has 0 bridgehead atoms. The predicted octanol–water partition coefficient (Wildman–Crippen LogP) is 2.47. The second kappa shape index (κ2) is 3.14. The molecular formula is C10H9BrO2. The van der Waals surface area contributed by atoms with Gasteiger partial charge in [0.2, 0.25) is 5.78 Å². The summed E-state index contributed by atoms with van der Waals surface area (Å²) in [5.74, 6) is 0.846. The van der Waals surface area contributed by atoms with E-state index in [2.05, 4.69) is 15.9 Å². The molecule has 0 aromatic heterocycles. The van der Waals surface area contributed by atoms with Crippen molar-refractivity contribution in [3.8, 4) is 5.75 Å². The molecule has 0 unspecified atom stereocenters. The van der Waals surface area contributed by atoms with E-state index in [1.807, 2.05) is 19.1 Å². The molecule has 1 aromatic carbocycles. The molecule has 1 heterocycles. The summed E-state index contributed by atoms with van der Waals surface area (Å²) in [7, 11) is 0. The van der Waals surface area contributed by atoms with Gasteiger partial charge in [0.15, 0.2) is 6.61 Å². The first kappa shape index (κ1) is 8.75. The number of rotatable bonds is 1. The van der Waals surface area contributed by atoms with Crippen LogP contribution in [0.4, 0.5) is 0 Å². The summed E-state index contributed by atoms with van der Waals surface area (Å²) in [5, 5.41) is 0.731. The average Bonchev–Trinajstić information content (AvgIpc) is 2.48. The van der Waals surface area contributed by atoms with Gasteiger partial charge in [0.05, 0.1) is 5.56 Å². The Morgan fingerprint density at radius 1 is 1.54 bits per heavy atom. The summed E-state index contributed by atoms with van der Waals surface area (Å²) in [6, 6.07) is 3.80. The van der Waals surface area contributed by atoms with Crippen molar-refractivity contribution in [2.75, 3.05) is 6.61 Å². The molecule has 2 nitrogen and oxygen atoms in total. The molecule has 0 amide bonds. The van der Waals surface area contributed by atoms with E-state index in [0.717, 1.165) is 27.8 Å². The van der Waals surface area contributed by atoms with Crippen LogP contribution < -0.4 is 4.74 Å². The standard InChI is InChI=1S/C10H9BrO2/c1-6-2-3-7-9(12)5-13-10(7)8(6)4-11/h2-3H,4-5H2,1H3. The molecule has 0 saturated heterocycles. The van der Waals surface area contributed by atoms with Crippen molar-refractivity contribution in [2.45, 2.75) is 12.3 Å². The SMILES string of the molecule is Cc1ccc2c(c1CBr)OCC2=O. The highest BCUT2D eigenvalue weighted by Gasteiger charge is 2.24. The monoisotopic (exact) mass is 240 g/mol. The third kappa shape index (κ3) is 1.27. The molecule has 0 saturated carbocycles. The maximum atomic E-state index is 11.3. The van der Waals surface area contributed by atoms with Gasteiger partial charge in [-0.2, -0.15) is 0 Å². The molecule has 68 valence electrons. The molecule has 0 N–H and O–H groups in total. The van der Waals surface area contributed by atoms with Crippen LogP contribution in [0.25, 0.3) is 0 Å². The quantitative estimate of drug-likeness (QED) is 0.706. The number of alkyl halides is 1. The summed E-state index contributed by atoms with van der Waals surface area (Å²) in [5.41, 5.74) is 2.97. The van der Waals surface area contributed by atoms with Crippen LogP contribution in [0.1, 0.15) is 21.5 Å². The Morgan fingerprint density at radius 3 is 3.00 bits per heavy atom. The van der Waals surface area contributed by atoms with E-state index in [1.165, 1.54) is 0 Å². The average molecular weight is 241 g/mol. The Kier molecular flexibility index (Phi) is 2.12. The number of carbonyl (C=O) groups is 1. The van der Waals surface area contributed by atoms with Crippen LogP contribution >= 0.6 is 15.9 Å². The maximum absolute atomic E-state index is 11.3. The minimum atomic E-state index is 0.0807. The van der Waals surface area contributed by atoms with Gasteiger partial charge in [0, 0.05) is 10.9 Å². The number of Topliss-reactive ketones (excluding diaryl/α,β-unsaturated/α-hetero) is 1. The summed E-state index contributed by atoms with van der Waals surface area (Å²) in [6.45, 7) is 2.21. The Balaban J connectivity index is 2.64. The van der Waals surface area contributed by atoms with Gasteiger partial charge in [-0.1, -0.05) is 22.0 Å². The number of carbonyl (C=O) groups excluding carboxylic acids is 1. The first-order valence-electron chi connectivity index (χ1n) is 4.08. The molecule has 0 fully saturated rings. The number of hydrogen-bond donors (Lipinski definition) is 0. The van der Waals surface area contributed by atoms with Gasteiger partial charge in [-0.3, -0.25) is 4.79 Å². The smallest absolute Gasteiger partial charge is 0.203 e. The predicted molar refractivity (Wildman–Crippen MR) is 53.6 cm³/mol. The number of hydrogen-bond acceptors (Lipinski definition) is 2. The van der Waals surface area contributed by atoms with E-state index in [-0.39, 0.29) is 12.4 Å². The summed E-state index contributed by atoms with van der Waals surface area (Å²) in [6.07, 6.45) is 0. The molecular weight excluding hydrogens is 232 g/mol. The molecule has 13 heavy (non-hydrogen) atoms. The van der Waals surface area contributed by atoms with Gasteiger partial charge in [0.25, 0.3) is 0 Å². The fraction of sp³-hybridized carbons (Fsp3) is 0.300. The Bertz CT molecular complexity index is 371. The van der Waals surface area contributed by atoms with Crippen LogP contribution in [-0.2, 0) is 5.33 Å². The lowest BCUT2D eigenvalue weighted by Crippen LogP contribution is -1.98. The minimum Gasteiger partial charge on any atom is -0.484 e. The van der Waals surface area contributed by atoms with E-state index in [4.69, 9.17) is 4.74 Å². The molecule has 1 aliphatic heterocycles. The molecule has 1 aliphatic rings. The van der Waals surface area contributed by atoms with Crippen LogP contribution in [0.2, 0.25) is 0 Å². The van der Waals surface area contributed by atoms with Gasteiger partial charge in [-0.15, -0.1) is 0 Å². The molecule has 3 heteroatoms. The Hall–Kier alpha value is -0.830. The van der Waals surface area contributed by atoms with Crippen LogP contribution in [-0.4, -0.2) is 12.4 Å². The Labute approximate surface area is 85.0 Å². The fourth-order valence-corrected chi connectivity index (χ4v) is 2.19. The second-order valence-electron chi connectivity index (χ2n) is 3.08. The van der Waals surface area contributed by atoms with Crippen molar-refractivity contribution in [1.82, 2.24) is 0 Å². The van der Waals surface area contributed by atoms with Crippen molar-refractivity contribution >= 4 is 21.7 Å². The van der Waals surface area contributed by atoms with Gasteiger partial charge < -0.3 is 4.74 Å². The van der Waals surface area contributed by atoms with Crippen LogP contribution in [0.3, 0.4) is 0 Å². The summed E-state index contributed by atoms with van der Waals surface area (Å²) in [4.78, 5) is 11.3. The number of fused-ring (bicyclic) bond motifs is 1. The maximum Gasteiger partial charge on any atom is 0.203 e. The molecule has 0 radical (unpaired) electrons. The van der Waals surface area contributed by atoms with Gasteiger partial charge in [-0.25, -0.2) is 0 Å².